The first-order chi connectivity index (χ1) is 10.7. The van der Waals surface area contributed by atoms with Crippen LogP contribution in [-0.2, 0) is 0 Å². The lowest BCUT2D eigenvalue weighted by Crippen LogP contribution is -2.45. The van der Waals surface area contributed by atoms with Crippen LogP contribution in [0.15, 0.2) is 4.99 Å². The van der Waals surface area contributed by atoms with E-state index in [0.717, 1.165) is 31.5 Å². The van der Waals surface area contributed by atoms with Crippen molar-refractivity contribution in [2.24, 2.45) is 10.9 Å². The summed E-state index contributed by atoms with van der Waals surface area (Å²) in [5.41, 5.74) is 0. The highest BCUT2D eigenvalue weighted by Crippen LogP contribution is 2.18. The summed E-state index contributed by atoms with van der Waals surface area (Å²) in [6.45, 7) is 9.24. The molecule has 0 aromatic rings. The fraction of sp³-hybridized carbons (Fsp3) is 0.941. The summed E-state index contributed by atoms with van der Waals surface area (Å²) >= 11 is 0. The monoisotopic (exact) mass is 309 g/mol. The van der Waals surface area contributed by atoms with Crippen molar-refractivity contribution < 1.29 is 0 Å². The average Bonchev–Trinajstić information content (AvgIpc) is 3.00. The van der Waals surface area contributed by atoms with Gasteiger partial charge < -0.3 is 15.5 Å². The predicted octanol–water partition coefficient (Wildman–Crippen LogP) is 1.37. The van der Waals surface area contributed by atoms with E-state index in [9.17, 15) is 0 Å². The minimum atomic E-state index is 0.678. The van der Waals surface area contributed by atoms with Gasteiger partial charge in [-0.1, -0.05) is 6.92 Å². The third kappa shape index (κ3) is 5.43. The smallest absolute Gasteiger partial charge is 0.191 e. The Kier molecular flexibility index (Phi) is 7.46. The molecule has 0 radical (unpaired) electrons. The van der Waals surface area contributed by atoms with Gasteiger partial charge in [0.2, 0.25) is 0 Å². The van der Waals surface area contributed by atoms with E-state index in [1.807, 2.05) is 7.05 Å². The van der Waals surface area contributed by atoms with Gasteiger partial charge in [-0.05, 0) is 71.2 Å². The Morgan fingerprint density at radius 1 is 1.14 bits per heavy atom. The second-order valence-electron chi connectivity index (χ2n) is 6.84. The van der Waals surface area contributed by atoms with Crippen molar-refractivity contribution in [2.75, 3.05) is 53.4 Å². The molecule has 2 fully saturated rings. The maximum absolute atomic E-state index is 4.36. The average molecular weight is 310 g/mol. The van der Waals surface area contributed by atoms with E-state index in [0.29, 0.717) is 6.04 Å². The number of hydrogen-bond acceptors (Lipinski definition) is 3. The molecule has 1 atom stereocenters. The molecule has 0 aromatic heterocycles. The van der Waals surface area contributed by atoms with Crippen LogP contribution in [0.2, 0.25) is 0 Å². The van der Waals surface area contributed by atoms with Crippen molar-refractivity contribution in [3.8, 4) is 0 Å². The van der Waals surface area contributed by atoms with E-state index in [1.165, 1.54) is 51.7 Å². The first kappa shape index (κ1) is 17.5. The zero-order chi connectivity index (χ0) is 15.8. The second-order valence-corrected chi connectivity index (χ2v) is 6.84. The van der Waals surface area contributed by atoms with Crippen molar-refractivity contribution in [2.45, 2.75) is 45.1 Å². The van der Waals surface area contributed by atoms with Gasteiger partial charge in [0.1, 0.15) is 0 Å². The number of hydrogen-bond donors (Lipinski definition) is 2. The topological polar surface area (TPSA) is 42.9 Å². The Morgan fingerprint density at radius 2 is 1.91 bits per heavy atom. The zero-order valence-electron chi connectivity index (χ0n) is 14.8. The Hall–Kier alpha value is -0.810. The van der Waals surface area contributed by atoms with Crippen molar-refractivity contribution in [3.63, 3.8) is 0 Å². The molecule has 0 aromatic carbocycles. The fourth-order valence-electron chi connectivity index (χ4n) is 3.72. The minimum absolute atomic E-state index is 0.678. The number of nitrogens with one attached hydrogen (secondary N) is 2. The summed E-state index contributed by atoms with van der Waals surface area (Å²) in [5, 5.41) is 7.00. The number of aliphatic imine (C=N–C) groups is 1. The minimum Gasteiger partial charge on any atom is -0.356 e. The van der Waals surface area contributed by atoms with E-state index in [2.05, 4.69) is 39.4 Å². The third-order valence-electron chi connectivity index (χ3n) is 5.32. The molecular formula is C17H35N5. The van der Waals surface area contributed by atoms with Crippen LogP contribution in [0.4, 0.5) is 0 Å². The zero-order valence-corrected chi connectivity index (χ0v) is 14.8. The molecule has 22 heavy (non-hydrogen) atoms. The summed E-state index contributed by atoms with van der Waals surface area (Å²) in [6.07, 6.45) is 6.60. The van der Waals surface area contributed by atoms with Gasteiger partial charge in [-0.2, -0.15) is 0 Å². The van der Waals surface area contributed by atoms with Gasteiger partial charge in [0.25, 0.3) is 0 Å². The van der Waals surface area contributed by atoms with Crippen LogP contribution in [0.3, 0.4) is 0 Å². The quantitative estimate of drug-likeness (QED) is 0.574. The Labute approximate surface area is 136 Å². The van der Waals surface area contributed by atoms with Crippen molar-refractivity contribution in [3.05, 3.63) is 0 Å². The highest BCUT2D eigenvalue weighted by molar-refractivity contribution is 5.79. The molecule has 5 heteroatoms. The third-order valence-corrected chi connectivity index (χ3v) is 5.32. The number of likely N-dealkylation sites (tertiary alicyclic amines) is 2. The molecule has 2 aliphatic heterocycles. The maximum atomic E-state index is 4.36. The lowest BCUT2D eigenvalue weighted by molar-refractivity contribution is 0.213. The lowest BCUT2D eigenvalue weighted by Gasteiger charge is -2.29. The van der Waals surface area contributed by atoms with E-state index in [1.54, 1.807) is 0 Å². The predicted molar refractivity (Wildman–Crippen MR) is 94.5 cm³/mol. The highest BCUT2D eigenvalue weighted by atomic mass is 15.2. The number of nitrogens with zero attached hydrogens (tertiary/aromatic N) is 3. The molecule has 2 rings (SSSR count). The molecule has 5 nitrogen and oxygen atoms in total. The van der Waals surface area contributed by atoms with Crippen LogP contribution in [-0.4, -0.2) is 75.2 Å². The van der Waals surface area contributed by atoms with Gasteiger partial charge in [-0.25, -0.2) is 0 Å². The first-order valence-corrected chi connectivity index (χ1v) is 9.10. The lowest BCUT2D eigenvalue weighted by atomic mass is 9.94. The number of likely N-dealkylation sites (N-methyl/N-ethyl adjacent to an activating group) is 1. The molecule has 0 aliphatic carbocycles. The number of piperidine rings is 1. The summed E-state index contributed by atoms with van der Waals surface area (Å²) in [4.78, 5) is 9.37. The van der Waals surface area contributed by atoms with Crippen molar-refractivity contribution in [1.82, 2.24) is 20.4 Å². The first-order valence-electron chi connectivity index (χ1n) is 9.10. The van der Waals surface area contributed by atoms with Gasteiger partial charge in [-0.3, -0.25) is 9.89 Å². The molecular weight excluding hydrogens is 274 g/mol. The van der Waals surface area contributed by atoms with Crippen molar-refractivity contribution in [1.29, 1.82) is 0 Å². The standard InChI is InChI=1S/C17H35N5/c1-4-22-11-5-6-16(22)14-20-17(18-2)19-10-7-15-8-12-21(3)13-9-15/h15-16H,4-14H2,1-3H3,(H2,18,19,20). The van der Waals surface area contributed by atoms with Crippen LogP contribution < -0.4 is 10.6 Å². The Morgan fingerprint density at radius 3 is 2.59 bits per heavy atom. The fourth-order valence-corrected chi connectivity index (χ4v) is 3.72. The molecule has 0 bridgehead atoms. The van der Waals surface area contributed by atoms with Crippen LogP contribution in [0.25, 0.3) is 0 Å². The molecule has 0 saturated carbocycles. The normalized spacial score (nSPS) is 25.6. The molecule has 2 heterocycles. The van der Waals surface area contributed by atoms with Crippen LogP contribution in [0.5, 0.6) is 0 Å². The van der Waals surface area contributed by atoms with E-state index in [-0.39, 0.29) is 0 Å². The summed E-state index contributed by atoms with van der Waals surface area (Å²) in [5.74, 6) is 1.85. The largest absolute Gasteiger partial charge is 0.356 e. The summed E-state index contributed by atoms with van der Waals surface area (Å²) in [6, 6.07) is 0.678. The molecule has 2 N–H and O–H groups in total. The van der Waals surface area contributed by atoms with Gasteiger partial charge in [0.15, 0.2) is 5.96 Å². The van der Waals surface area contributed by atoms with Gasteiger partial charge in [-0.15, -0.1) is 0 Å². The summed E-state index contributed by atoms with van der Waals surface area (Å²) in [7, 11) is 4.10. The van der Waals surface area contributed by atoms with Gasteiger partial charge in [0.05, 0.1) is 0 Å². The highest BCUT2D eigenvalue weighted by Gasteiger charge is 2.22. The molecule has 0 amide bonds. The molecule has 1 unspecified atom stereocenters. The maximum Gasteiger partial charge on any atom is 0.191 e. The van der Waals surface area contributed by atoms with E-state index in [4.69, 9.17) is 0 Å². The second kappa shape index (κ2) is 9.36. The van der Waals surface area contributed by atoms with Crippen molar-refractivity contribution >= 4 is 5.96 Å². The van der Waals surface area contributed by atoms with Gasteiger partial charge in [0, 0.05) is 26.2 Å². The Bertz CT molecular complexity index is 336. The molecule has 0 spiro atoms. The number of guanidine groups is 1. The number of rotatable bonds is 6. The molecule has 2 aliphatic rings. The Balaban J connectivity index is 1.61. The summed E-state index contributed by atoms with van der Waals surface area (Å²) < 4.78 is 0. The molecule has 128 valence electrons. The van der Waals surface area contributed by atoms with Gasteiger partial charge >= 0.3 is 0 Å². The molecule has 2 saturated heterocycles. The van der Waals surface area contributed by atoms with E-state index >= 15 is 0 Å². The van der Waals surface area contributed by atoms with Crippen LogP contribution in [0.1, 0.15) is 39.0 Å². The van der Waals surface area contributed by atoms with Crippen LogP contribution in [0, 0.1) is 5.92 Å². The SMILES string of the molecule is CCN1CCCC1CNC(=NC)NCCC1CCN(C)CC1. The van der Waals surface area contributed by atoms with E-state index < -0.39 is 0 Å². The van der Waals surface area contributed by atoms with Crippen LogP contribution >= 0.6 is 0 Å².